The molecule has 2 aromatic rings. The number of nitrogens with zero attached hydrogens (tertiary/aromatic N) is 3. The molecular weight excluding hydrogens is 246 g/mol. The largest absolute Gasteiger partial charge is 0.370 e. The van der Waals surface area contributed by atoms with Crippen LogP contribution >= 0.6 is 0 Å². The summed E-state index contributed by atoms with van der Waals surface area (Å²) in [5, 5.41) is 6.82. The molecule has 0 aromatic carbocycles. The minimum atomic E-state index is -0.689. The normalized spacial score (nSPS) is 12.1. The van der Waals surface area contributed by atoms with Gasteiger partial charge in [0, 0.05) is 32.2 Å². The number of carbonyl (C=O) groups excluding carboxylic acids is 1. The van der Waals surface area contributed by atoms with Crippen molar-refractivity contribution < 1.29 is 9.53 Å². The van der Waals surface area contributed by atoms with E-state index in [9.17, 15) is 4.79 Å². The summed E-state index contributed by atoms with van der Waals surface area (Å²) in [6, 6.07) is 5.25. The number of nitrogens with one attached hydrogen (secondary N) is 1. The summed E-state index contributed by atoms with van der Waals surface area (Å²) in [6.45, 7) is 0.111. The van der Waals surface area contributed by atoms with Gasteiger partial charge in [-0.2, -0.15) is 5.10 Å². The molecule has 0 radical (unpaired) electrons. The lowest BCUT2D eigenvalue weighted by Crippen LogP contribution is -2.36. The lowest BCUT2D eigenvalue weighted by molar-refractivity contribution is -0.125. The Morgan fingerprint density at radius 2 is 2.37 bits per heavy atom. The van der Waals surface area contributed by atoms with E-state index in [0.717, 1.165) is 0 Å². The van der Waals surface area contributed by atoms with Crippen molar-refractivity contribution in [2.24, 2.45) is 5.73 Å². The number of amides is 1. The van der Waals surface area contributed by atoms with Gasteiger partial charge in [-0.3, -0.25) is 4.79 Å². The zero-order valence-corrected chi connectivity index (χ0v) is 10.5. The van der Waals surface area contributed by atoms with Crippen LogP contribution < -0.4 is 11.1 Å². The summed E-state index contributed by atoms with van der Waals surface area (Å²) in [6.07, 6.45) is 4.32. The fourth-order valence-corrected chi connectivity index (χ4v) is 1.59. The third-order valence-corrected chi connectivity index (χ3v) is 2.56. The maximum Gasteiger partial charge on any atom is 0.254 e. The third-order valence-electron chi connectivity index (χ3n) is 2.56. The first-order chi connectivity index (χ1) is 9.26. The van der Waals surface area contributed by atoms with E-state index >= 15 is 0 Å². The molecular formula is C12H15N5O2. The second-order valence-corrected chi connectivity index (χ2v) is 3.77. The summed E-state index contributed by atoms with van der Waals surface area (Å²) < 4.78 is 6.55. The topological polar surface area (TPSA) is 95.1 Å². The number of methoxy groups -OCH3 is 1. The van der Waals surface area contributed by atoms with E-state index in [4.69, 9.17) is 10.5 Å². The van der Waals surface area contributed by atoms with Crippen LogP contribution in [0.25, 0.3) is 5.82 Å². The Kier molecular flexibility index (Phi) is 4.22. The van der Waals surface area contributed by atoms with Crippen LogP contribution in [-0.4, -0.2) is 40.4 Å². The summed E-state index contributed by atoms with van der Waals surface area (Å²) >= 11 is 0. The molecule has 19 heavy (non-hydrogen) atoms. The molecule has 0 aliphatic carbocycles. The van der Waals surface area contributed by atoms with Crippen LogP contribution in [0.4, 0.5) is 5.69 Å². The number of rotatable bonds is 5. The highest BCUT2D eigenvalue weighted by Crippen LogP contribution is 2.16. The van der Waals surface area contributed by atoms with Gasteiger partial charge in [0.05, 0.1) is 5.69 Å². The summed E-state index contributed by atoms with van der Waals surface area (Å²) in [5.74, 6) is 0.221. The van der Waals surface area contributed by atoms with Gasteiger partial charge in [-0.1, -0.05) is 0 Å². The Morgan fingerprint density at radius 1 is 1.53 bits per heavy atom. The number of ether oxygens (including phenoxy) is 1. The minimum absolute atomic E-state index is 0.111. The number of pyridine rings is 1. The molecule has 0 spiro atoms. The average Bonchev–Trinajstić information content (AvgIpc) is 2.94. The van der Waals surface area contributed by atoms with Gasteiger partial charge >= 0.3 is 0 Å². The molecule has 0 bridgehead atoms. The zero-order chi connectivity index (χ0) is 13.7. The standard InChI is InChI=1S/C12H15N5O2/c1-19-10(8-13)12(18)16-9-4-2-5-14-11(9)17-7-3-6-15-17/h2-7,10H,8,13H2,1H3,(H,16,18). The van der Waals surface area contributed by atoms with Gasteiger partial charge in [0.25, 0.3) is 5.91 Å². The van der Waals surface area contributed by atoms with Crippen molar-refractivity contribution in [3.05, 3.63) is 36.8 Å². The van der Waals surface area contributed by atoms with Crippen molar-refractivity contribution in [1.82, 2.24) is 14.8 Å². The van der Waals surface area contributed by atoms with Gasteiger partial charge in [0.2, 0.25) is 0 Å². The van der Waals surface area contributed by atoms with Crippen LogP contribution in [-0.2, 0) is 9.53 Å². The zero-order valence-electron chi connectivity index (χ0n) is 10.5. The van der Waals surface area contributed by atoms with E-state index in [0.29, 0.717) is 11.5 Å². The molecule has 0 saturated carbocycles. The molecule has 1 unspecified atom stereocenters. The molecule has 2 aromatic heterocycles. The number of hydrogen-bond acceptors (Lipinski definition) is 5. The fraction of sp³-hybridized carbons (Fsp3) is 0.250. The first kappa shape index (κ1) is 13.2. The third kappa shape index (κ3) is 2.95. The van der Waals surface area contributed by atoms with Crippen LogP contribution in [0.3, 0.4) is 0 Å². The summed E-state index contributed by atoms with van der Waals surface area (Å²) in [7, 11) is 1.44. The van der Waals surface area contributed by atoms with Crippen LogP contribution in [0, 0.1) is 0 Å². The summed E-state index contributed by atoms with van der Waals surface area (Å²) in [4.78, 5) is 16.1. The van der Waals surface area contributed by atoms with Crippen molar-refractivity contribution in [3.8, 4) is 5.82 Å². The summed E-state index contributed by atoms with van der Waals surface area (Å²) in [5.41, 5.74) is 6.00. The maximum absolute atomic E-state index is 11.9. The lowest BCUT2D eigenvalue weighted by atomic mass is 10.3. The molecule has 100 valence electrons. The second kappa shape index (κ2) is 6.07. The van der Waals surface area contributed by atoms with E-state index in [1.165, 1.54) is 7.11 Å². The Labute approximate surface area is 110 Å². The monoisotopic (exact) mass is 261 g/mol. The van der Waals surface area contributed by atoms with Crippen LogP contribution in [0.2, 0.25) is 0 Å². The van der Waals surface area contributed by atoms with E-state index in [1.54, 1.807) is 41.5 Å². The smallest absolute Gasteiger partial charge is 0.254 e. The van der Waals surface area contributed by atoms with E-state index in [1.807, 2.05) is 0 Å². The van der Waals surface area contributed by atoms with Gasteiger partial charge in [-0.05, 0) is 18.2 Å². The number of hydrogen-bond donors (Lipinski definition) is 2. The van der Waals surface area contributed by atoms with Gasteiger partial charge in [0.15, 0.2) is 5.82 Å². The number of carbonyl (C=O) groups is 1. The molecule has 1 atom stereocenters. The van der Waals surface area contributed by atoms with Crippen LogP contribution in [0.15, 0.2) is 36.8 Å². The lowest BCUT2D eigenvalue weighted by Gasteiger charge is -2.14. The predicted octanol–water partition coefficient (Wildman–Crippen LogP) is 0.179. The fourth-order valence-electron chi connectivity index (χ4n) is 1.59. The SMILES string of the molecule is COC(CN)C(=O)Nc1cccnc1-n1cccn1. The Morgan fingerprint density at radius 3 is 3.00 bits per heavy atom. The highest BCUT2D eigenvalue weighted by molar-refractivity contribution is 5.95. The van der Waals surface area contributed by atoms with Gasteiger partial charge < -0.3 is 15.8 Å². The highest BCUT2D eigenvalue weighted by Gasteiger charge is 2.17. The first-order valence-corrected chi connectivity index (χ1v) is 5.75. The number of anilines is 1. The maximum atomic E-state index is 11.9. The molecule has 0 fully saturated rings. The van der Waals surface area contributed by atoms with Crippen molar-refractivity contribution in [2.75, 3.05) is 19.0 Å². The molecule has 1 amide bonds. The van der Waals surface area contributed by atoms with Crippen LogP contribution in [0.5, 0.6) is 0 Å². The Hall–Kier alpha value is -2.25. The van der Waals surface area contributed by atoms with E-state index < -0.39 is 6.10 Å². The number of nitrogens with two attached hydrogens (primary N) is 1. The average molecular weight is 261 g/mol. The highest BCUT2D eigenvalue weighted by atomic mass is 16.5. The Bertz CT molecular complexity index is 537. The van der Waals surface area contributed by atoms with Gasteiger partial charge in [-0.25, -0.2) is 9.67 Å². The van der Waals surface area contributed by atoms with E-state index in [2.05, 4.69) is 15.4 Å². The van der Waals surface area contributed by atoms with Crippen molar-refractivity contribution in [1.29, 1.82) is 0 Å². The molecule has 7 heteroatoms. The van der Waals surface area contributed by atoms with Crippen LogP contribution in [0.1, 0.15) is 0 Å². The molecule has 0 saturated heterocycles. The molecule has 0 aliphatic rings. The van der Waals surface area contributed by atoms with Crippen molar-refractivity contribution >= 4 is 11.6 Å². The number of aromatic nitrogens is 3. The van der Waals surface area contributed by atoms with Gasteiger partial charge in [0.1, 0.15) is 6.10 Å². The van der Waals surface area contributed by atoms with Crippen molar-refractivity contribution in [2.45, 2.75) is 6.10 Å². The minimum Gasteiger partial charge on any atom is -0.370 e. The molecule has 2 heterocycles. The molecule has 7 nitrogen and oxygen atoms in total. The molecule has 2 rings (SSSR count). The predicted molar refractivity (Wildman–Crippen MR) is 69.8 cm³/mol. The van der Waals surface area contributed by atoms with Gasteiger partial charge in [-0.15, -0.1) is 0 Å². The van der Waals surface area contributed by atoms with E-state index in [-0.39, 0.29) is 12.5 Å². The Balaban J connectivity index is 2.24. The first-order valence-electron chi connectivity index (χ1n) is 5.75. The molecule has 0 aliphatic heterocycles. The second-order valence-electron chi connectivity index (χ2n) is 3.77. The van der Waals surface area contributed by atoms with Crippen molar-refractivity contribution in [3.63, 3.8) is 0 Å². The quantitative estimate of drug-likeness (QED) is 0.800. The molecule has 3 N–H and O–H groups in total.